The van der Waals surface area contributed by atoms with Crippen LogP contribution in [0.15, 0.2) is 52.4 Å². The van der Waals surface area contributed by atoms with Gasteiger partial charge < -0.3 is 5.32 Å². The van der Waals surface area contributed by atoms with Gasteiger partial charge in [0.1, 0.15) is 0 Å². The van der Waals surface area contributed by atoms with Gasteiger partial charge in [-0.1, -0.05) is 62.2 Å². The van der Waals surface area contributed by atoms with Crippen molar-refractivity contribution >= 4 is 34.3 Å². The number of thioether (sulfide) groups is 1. The summed E-state index contributed by atoms with van der Waals surface area (Å²) in [5.74, 6) is 0.640. The van der Waals surface area contributed by atoms with E-state index in [2.05, 4.69) is 22.4 Å². The Morgan fingerprint density at radius 2 is 1.88 bits per heavy atom. The second-order valence-electron chi connectivity index (χ2n) is 8.75. The second kappa shape index (κ2) is 10.4. The maximum atomic E-state index is 13.5. The number of hydrogen-bond donors (Lipinski definition) is 1. The third kappa shape index (κ3) is 4.73. The van der Waals surface area contributed by atoms with Crippen LogP contribution in [0.4, 0.5) is 0 Å². The maximum absolute atomic E-state index is 13.5. The van der Waals surface area contributed by atoms with Gasteiger partial charge in [-0.2, -0.15) is 0 Å². The van der Waals surface area contributed by atoms with E-state index in [4.69, 9.17) is 0 Å². The molecule has 1 amide bonds. The number of fused-ring (bicyclic) bond motifs is 3. The van der Waals surface area contributed by atoms with E-state index in [1.54, 1.807) is 4.57 Å². The lowest BCUT2D eigenvalue weighted by molar-refractivity contribution is -0.119. The van der Waals surface area contributed by atoms with Crippen molar-refractivity contribution in [2.45, 2.75) is 64.6 Å². The lowest BCUT2D eigenvalue weighted by Gasteiger charge is -2.15. The Morgan fingerprint density at radius 1 is 1.09 bits per heavy atom. The van der Waals surface area contributed by atoms with Crippen LogP contribution in [-0.4, -0.2) is 36.9 Å². The smallest absolute Gasteiger partial charge is 0.267 e. The molecule has 2 heterocycles. The summed E-state index contributed by atoms with van der Waals surface area (Å²) < 4.78 is 3.50. The fourth-order valence-electron chi connectivity index (χ4n) is 4.19. The standard InChI is InChI=1S/C26H31N5O2S/c1-5-6-7-12-18(3)27-23(32)16-34-26-29-28-25-30(21-15-10-11-17(2)19(21)4)24(33)20-13-8-9-14-22(20)31(25)26/h8-11,13-15,18H,5-7,12,16H2,1-4H3,(H,27,32). The number of nitrogens with one attached hydrogen (secondary N) is 1. The number of benzene rings is 2. The molecule has 8 heteroatoms. The van der Waals surface area contributed by atoms with Crippen LogP contribution in [-0.2, 0) is 4.79 Å². The van der Waals surface area contributed by atoms with E-state index in [9.17, 15) is 9.59 Å². The molecule has 0 spiro atoms. The van der Waals surface area contributed by atoms with Crippen molar-refractivity contribution in [3.8, 4) is 5.69 Å². The summed E-state index contributed by atoms with van der Waals surface area (Å²) in [6, 6.07) is 13.5. The predicted molar refractivity (Wildman–Crippen MR) is 138 cm³/mol. The van der Waals surface area contributed by atoms with Crippen LogP contribution < -0.4 is 10.9 Å². The van der Waals surface area contributed by atoms with Gasteiger partial charge in [0.05, 0.1) is 22.3 Å². The van der Waals surface area contributed by atoms with Crippen molar-refractivity contribution in [2.75, 3.05) is 5.75 Å². The Kier molecular flexibility index (Phi) is 7.36. The summed E-state index contributed by atoms with van der Waals surface area (Å²) in [6.45, 7) is 8.24. The largest absolute Gasteiger partial charge is 0.353 e. The van der Waals surface area contributed by atoms with Gasteiger partial charge in [-0.25, -0.2) is 4.57 Å². The van der Waals surface area contributed by atoms with Gasteiger partial charge in [-0.3, -0.25) is 14.0 Å². The molecule has 0 saturated carbocycles. The number of unbranched alkanes of at least 4 members (excludes halogenated alkanes) is 2. The van der Waals surface area contributed by atoms with E-state index in [-0.39, 0.29) is 23.3 Å². The van der Waals surface area contributed by atoms with E-state index >= 15 is 0 Å². The minimum atomic E-state index is -0.139. The molecular weight excluding hydrogens is 446 g/mol. The van der Waals surface area contributed by atoms with Crippen LogP contribution in [0.25, 0.3) is 22.4 Å². The van der Waals surface area contributed by atoms with Crippen LogP contribution in [0.1, 0.15) is 50.7 Å². The normalized spacial score (nSPS) is 12.4. The van der Waals surface area contributed by atoms with Crippen LogP contribution in [0, 0.1) is 13.8 Å². The maximum Gasteiger partial charge on any atom is 0.267 e. The first-order chi connectivity index (χ1) is 16.4. The molecule has 178 valence electrons. The Bertz CT molecular complexity index is 1390. The van der Waals surface area contributed by atoms with Gasteiger partial charge in [0, 0.05) is 6.04 Å². The molecule has 1 atom stereocenters. The highest BCUT2D eigenvalue weighted by Crippen LogP contribution is 2.25. The number of carbonyl (C=O) groups is 1. The van der Waals surface area contributed by atoms with Crippen LogP contribution in [0.5, 0.6) is 0 Å². The SMILES string of the molecule is CCCCCC(C)NC(=O)CSc1nnc2n(-c3cccc(C)c3C)c(=O)c3ccccc3n12. The molecule has 0 saturated heterocycles. The molecule has 4 rings (SSSR count). The van der Waals surface area contributed by atoms with Crippen molar-refractivity contribution in [1.29, 1.82) is 0 Å². The van der Waals surface area contributed by atoms with Crippen LogP contribution in [0.2, 0.25) is 0 Å². The monoisotopic (exact) mass is 477 g/mol. The summed E-state index contributed by atoms with van der Waals surface area (Å²) in [6.07, 6.45) is 4.43. The molecule has 1 N–H and O–H groups in total. The number of nitrogens with zero attached hydrogens (tertiary/aromatic N) is 4. The molecule has 0 aliphatic rings. The first-order valence-electron chi connectivity index (χ1n) is 11.8. The minimum Gasteiger partial charge on any atom is -0.353 e. The van der Waals surface area contributed by atoms with Gasteiger partial charge in [0.25, 0.3) is 5.56 Å². The average molecular weight is 478 g/mol. The number of aryl methyl sites for hydroxylation is 1. The highest BCUT2D eigenvalue weighted by Gasteiger charge is 2.20. The van der Waals surface area contributed by atoms with E-state index in [0.29, 0.717) is 16.3 Å². The van der Waals surface area contributed by atoms with Gasteiger partial charge in [-0.15, -0.1) is 10.2 Å². The number of para-hydroxylation sites is 1. The number of hydrogen-bond acceptors (Lipinski definition) is 5. The molecule has 4 aromatic rings. The molecule has 7 nitrogen and oxygen atoms in total. The molecular formula is C26H31N5O2S. The highest BCUT2D eigenvalue weighted by atomic mass is 32.2. The zero-order valence-electron chi connectivity index (χ0n) is 20.2. The summed E-state index contributed by atoms with van der Waals surface area (Å²) in [5.41, 5.74) is 3.47. The lowest BCUT2D eigenvalue weighted by atomic mass is 10.1. The first kappa shape index (κ1) is 24.0. The summed E-state index contributed by atoms with van der Waals surface area (Å²) in [4.78, 5) is 26.1. The summed E-state index contributed by atoms with van der Waals surface area (Å²) in [5, 5.41) is 13.0. The molecule has 34 heavy (non-hydrogen) atoms. The Labute approximate surface area is 203 Å². The van der Waals surface area contributed by atoms with E-state index < -0.39 is 0 Å². The predicted octanol–water partition coefficient (Wildman–Crippen LogP) is 4.83. The molecule has 2 aromatic carbocycles. The first-order valence-corrected chi connectivity index (χ1v) is 12.8. The van der Waals surface area contributed by atoms with E-state index in [0.717, 1.165) is 41.6 Å². The summed E-state index contributed by atoms with van der Waals surface area (Å²) >= 11 is 1.33. The molecule has 0 fully saturated rings. The molecule has 2 aromatic heterocycles. The number of aromatic nitrogens is 4. The quantitative estimate of drug-likeness (QED) is 0.276. The van der Waals surface area contributed by atoms with E-state index in [1.807, 2.05) is 67.6 Å². The summed E-state index contributed by atoms with van der Waals surface area (Å²) in [7, 11) is 0. The third-order valence-electron chi connectivity index (χ3n) is 6.19. The molecule has 0 radical (unpaired) electrons. The van der Waals surface area contributed by atoms with Gasteiger partial charge in [0.15, 0.2) is 5.16 Å². The zero-order chi connectivity index (χ0) is 24.2. The fourth-order valence-corrected chi connectivity index (χ4v) is 4.94. The van der Waals surface area contributed by atoms with Gasteiger partial charge in [0.2, 0.25) is 11.7 Å². The number of amides is 1. The van der Waals surface area contributed by atoms with Crippen LogP contribution >= 0.6 is 11.8 Å². The minimum absolute atomic E-state index is 0.0297. The Morgan fingerprint density at radius 3 is 2.68 bits per heavy atom. The fraction of sp³-hybridized carbons (Fsp3) is 0.385. The Balaban J connectivity index is 1.71. The number of rotatable bonds is 9. The third-order valence-corrected chi connectivity index (χ3v) is 7.12. The van der Waals surface area contributed by atoms with Crippen molar-refractivity contribution in [2.24, 2.45) is 0 Å². The molecule has 0 aliphatic carbocycles. The van der Waals surface area contributed by atoms with Gasteiger partial charge in [-0.05, 0) is 56.5 Å². The highest BCUT2D eigenvalue weighted by molar-refractivity contribution is 7.99. The van der Waals surface area contributed by atoms with Crippen molar-refractivity contribution in [3.05, 3.63) is 63.9 Å². The lowest BCUT2D eigenvalue weighted by Crippen LogP contribution is -2.33. The van der Waals surface area contributed by atoms with Crippen molar-refractivity contribution < 1.29 is 4.79 Å². The van der Waals surface area contributed by atoms with E-state index in [1.165, 1.54) is 18.2 Å². The Hall–Kier alpha value is -3.13. The van der Waals surface area contributed by atoms with Gasteiger partial charge >= 0.3 is 0 Å². The molecule has 1 unspecified atom stereocenters. The van der Waals surface area contributed by atoms with Crippen molar-refractivity contribution in [1.82, 2.24) is 24.5 Å². The number of carbonyl (C=O) groups excluding carboxylic acids is 1. The molecule has 0 bridgehead atoms. The van der Waals surface area contributed by atoms with Crippen molar-refractivity contribution in [3.63, 3.8) is 0 Å². The topological polar surface area (TPSA) is 81.3 Å². The van der Waals surface area contributed by atoms with Crippen LogP contribution in [0.3, 0.4) is 0 Å². The average Bonchev–Trinajstić information content (AvgIpc) is 3.24. The second-order valence-corrected chi connectivity index (χ2v) is 9.69. The zero-order valence-corrected chi connectivity index (χ0v) is 21.0. The molecule has 0 aliphatic heterocycles.